The van der Waals surface area contributed by atoms with Crippen molar-refractivity contribution in [2.45, 2.75) is 104 Å². The highest BCUT2D eigenvalue weighted by atomic mass is 32.2. The summed E-state index contributed by atoms with van der Waals surface area (Å²) in [6.07, 6.45) is 1.95. The molecule has 17 heteroatoms. The van der Waals surface area contributed by atoms with E-state index in [2.05, 4.69) is 115 Å². The van der Waals surface area contributed by atoms with Gasteiger partial charge in [-0.1, -0.05) is 58.0 Å². The highest BCUT2D eigenvalue weighted by Crippen LogP contribution is 2.37. The maximum Gasteiger partial charge on any atom is 0.485 e. The average Bonchev–Trinajstić information content (AvgIpc) is 3.04. The third-order valence-corrected chi connectivity index (χ3v) is 8.44. The summed E-state index contributed by atoms with van der Waals surface area (Å²) >= 11 is 0. The fraction of sp³-hybridized carbons (Fsp3) is 0.600. The lowest BCUT2D eigenvalue weighted by atomic mass is 9.90. The van der Waals surface area contributed by atoms with E-state index in [0.29, 0.717) is 17.9 Å². The van der Waals surface area contributed by atoms with Gasteiger partial charge in [0, 0.05) is 45.2 Å². The summed E-state index contributed by atoms with van der Waals surface area (Å²) in [5.41, 5.74) is -1.78. The summed E-state index contributed by atoms with van der Waals surface area (Å²) in [5.74, 6) is 2.30. The molecule has 9 nitrogen and oxygen atoms in total. The quantitative estimate of drug-likeness (QED) is 0.0764. The molecule has 0 fully saturated rings. The summed E-state index contributed by atoms with van der Waals surface area (Å²) in [6.45, 7) is 24.7. The third kappa shape index (κ3) is 12.3. The molecule has 0 radical (unpaired) electrons. The van der Waals surface area contributed by atoms with Gasteiger partial charge >= 0.3 is 11.0 Å². The van der Waals surface area contributed by atoms with Crippen molar-refractivity contribution in [2.24, 2.45) is 14.1 Å². The largest absolute Gasteiger partial charge is 0.741 e. The van der Waals surface area contributed by atoms with Crippen molar-refractivity contribution in [3.8, 4) is 0 Å². The predicted molar refractivity (Wildman–Crippen MR) is 165 cm³/mol. The van der Waals surface area contributed by atoms with Crippen LogP contribution in [-0.2, 0) is 40.8 Å². The summed E-state index contributed by atoms with van der Waals surface area (Å²) < 4.78 is 125. The van der Waals surface area contributed by atoms with Gasteiger partial charge in [0.1, 0.15) is 17.8 Å². The molecule has 0 spiro atoms. The first-order chi connectivity index (χ1) is 20.9. The lowest BCUT2D eigenvalue weighted by molar-refractivity contribution is -0.686. The SMILES string of the molecule is C=C(C)C[C@H](Cc1n(C)c(C)c(C)[n+]1C)[N+](=C(C)C)c1c(C(C)C)cccc1C(C)C.O=S(=O)([O-])C(F)(F)F.O=S(=O)([O-])C(F)(F)F. The van der Waals surface area contributed by atoms with E-state index in [-0.39, 0.29) is 0 Å². The van der Waals surface area contributed by atoms with Gasteiger partial charge in [0.25, 0.3) is 5.82 Å². The molecule has 0 aliphatic heterocycles. The van der Waals surface area contributed by atoms with Crippen LogP contribution in [-0.4, -0.2) is 57.9 Å². The van der Waals surface area contributed by atoms with Crippen LogP contribution in [0.5, 0.6) is 0 Å². The molecule has 0 unspecified atom stereocenters. The Balaban J connectivity index is 0.00000109. The van der Waals surface area contributed by atoms with Crippen molar-refractivity contribution in [1.82, 2.24) is 4.57 Å². The molecule has 1 aromatic carbocycles. The summed E-state index contributed by atoms with van der Waals surface area (Å²) in [5, 5.41) is 0. The van der Waals surface area contributed by atoms with Gasteiger partial charge in [-0.3, -0.25) is 0 Å². The van der Waals surface area contributed by atoms with Gasteiger partial charge in [-0.25, -0.2) is 26.0 Å². The molecular weight excluding hydrogens is 676 g/mol. The lowest BCUT2D eigenvalue weighted by Gasteiger charge is -2.23. The van der Waals surface area contributed by atoms with Crippen LogP contribution in [0.25, 0.3) is 0 Å². The Kier molecular flexibility index (Phi) is 15.6. The Labute approximate surface area is 274 Å². The van der Waals surface area contributed by atoms with E-state index in [0.717, 1.165) is 12.8 Å². The molecule has 0 amide bonds. The van der Waals surface area contributed by atoms with Gasteiger partial charge in [-0.05, 0) is 18.8 Å². The molecule has 0 saturated heterocycles. The minimum atomic E-state index is -6.09. The number of hydrogen-bond donors (Lipinski definition) is 0. The Hall–Kier alpha value is -2.76. The first-order valence-electron chi connectivity index (χ1n) is 14.3. The number of hydrogen-bond acceptors (Lipinski definition) is 6. The molecule has 0 saturated carbocycles. The van der Waals surface area contributed by atoms with Crippen LogP contribution in [0, 0.1) is 13.8 Å². The molecule has 47 heavy (non-hydrogen) atoms. The molecule has 270 valence electrons. The van der Waals surface area contributed by atoms with Gasteiger partial charge in [0.15, 0.2) is 32.0 Å². The van der Waals surface area contributed by atoms with Crippen molar-refractivity contribution >= 4 is 31.6 Å². The second-order valence-corrected chi connectivity index (χ2v) is 14.7. The first-order valence-corrected chi connectivity index (χ1v) is 17.1. The smallest absolute Gasteiger partial charge is 0.485 e. The third-order valence-electron chi connectivity index (χ3n) is 7.30. The molecule has 2 rings (SSSR count). The topological polar surface area (TPSA) is 126 Å². The Morgan fingerprint density at radius 2 is 1.26 bits per heavy atom. The zero-order valence-corrected chi connectivity index (χ0v) is 30.1. The predicted octanol–water partition coefficient (Wildman–Crippen LogP) is 6.52. The van der Waals surface area contributed by atoms with Crippen LogP contribution in [0.1, 0.15) is 95.1 Å². The lowest BCUT2D eigenvalue weighted by Crippen LogP contribution is -2.40. The van der Waals surface area contributed by atoms with Crippen LogP contribution >= 0.6 is 0 Å². The number of benzene rings is 1. The van der Waals surface area contributed by atoms with Crippen molar-refractivity contribution in [2.75, 3.05) is 0 Å². The Bertz CT molecular complexity index is 1560. The van der Waals surface area contributed by atoms with E-state index in [1.807, 2.05) is 0 Å². The van der Waals surface area contributed by atoms with Crippen LogP contribution < -0.4 is 4.57 Å². The first kappa shape index (κ1) is 44.2. The molecular formula is C30H45F6N3O6S2. The highest BCUT2D eigenvalue weighted by Gasteiger charge is 2.38. The Morgan fingerprint density at radius 3 is 1.49 bits per heavy atom. The molecule has 2 aromatic rings. The normalized spacial score (nSPS) is 13.0. The van der Waals surface area contributed by atoms with Gasteiger partial charge < -0.3 is 9.11 Å². The molecule has 0 N–H and O–H groups in total. The number of imidazole rings is 1. The molecule has 1 heterocycles. The van der Waals surface area contributed by atoms with E-state index in [9.17, 15) is 26.3 Å². The van der Waals surface area contributed by atoms with Crippen molar-refractivity contribution in [3.63, 3.8) is 0 Å². The number of aromatic nitrogens is 2. The Morgan fingerprint density at radius 1 is 0.894 bits per heavy atom. The van der Waals surface area contributed by atoms with Gasteiger partial charge in [0.2, 0.25) is 5.69 Å². The van der Waals surface area contributed by atoms with Gasteiger partial charge in [-0.2, -0.15) is 30.9 Å². The number of alkyl halides is 6. The zero-order valence-electron chi connectivity index (χ0n) is 28.5. The summed E-state index contributed by atoms with van der Waals surface area (Å²) in [4.78, 5) is 0. The fourth-order valence-electron chi connectivity index (χ4n) is 4.80. The van der Waals surface area contributed by atoms with Crippen LogP contribution in [0.3, 0.4) is 0 Å². The maximum absolute atomic E-state index is 10.7. The van der Waals surface area contributed by atoms with Crippen molar-refractivity contribution in [1.29, 1.82) is 0 Å². The molecule has 1 atom stereocenters. The number of rotatable bonds is 8. The van der Waals surface area contributed by atoms with Crippen LogP contribution in [0.4, 0.5) is 32.0 Å². The number of halogens is 6. The highest BCUT2D eigenvalue weighted by molar-refractivity contribution is 7.86. The van der Waals surface area contributed by atoms with Gasteiger partial charge in [0.05, 0.1) is 14.1 Å². The second kappa shape index (κ2) is 16.6. The minimum absolute atomic E-state index is 0.318. The number of para-hydroxylation sites is 1. The van der Waals surface area contributed by atoms with E-state index >= 15 is 0 Å². The average molecular weight is 722 g/mol. The molecule has 0 bridgehead atoms. The monoisotopic (exact) mass is 721 g/mol. The van der Waals surface area contributed by atoms with E-state index in [1.165, 1.54) is 45.3 Å². The summed E-state index contributed by atoms with van der Waals surface area (Å²) in [7, 11) is -7.78. The minimum Gasteiger partial charge on any atom is -0.741 e. The molecule has 0 aliphatic rings. The van der Waals surface area contributed by atoms with Gasteiger partial charge in [-0.15, -0.1) is 0 Å². The van der Waals surface area contributed by atoms with Crippen molar-refractivity contribution in [3.05, 3.63) is 58.7 Å². The maximum atomic E-state index is 10.7. The molecule has 0 aliphatic carbocycles. The van der Waals surface area contributed by atoms with Crippen LogP contribution in [0.15, 0.2) is 30.4 Å². The molecule has 1 aromatic heterocycles. The second-order valence-electron chi connectivity index (χ2n) is 11.9. The van der Waals surface area contributed by atoms with E-state index in [4.69, 9.17) is 25.9 Å². The standard InChI is InChI=1S/C28H45N3.2CHF3O3S/c1-18(2)16-24(17-27-29(11)22(9)23(10)30(27)12)31(21(7)8)28-25(19(3)4)14-13-15-26(28)20(5)6;2*2-1(3,4)8(5,6)7/h13-15,19-20,24H,1,16-17H2,2-12H3;2*(H,5,6,7)/q+2;;/p-2/t24-;;/m1../s1. The van der Waals surface area contributed by atoms with Crippen LogP contribution in [0.2, 0.25) is 0 Å². The van der Waals surface area contributed by atoms with E-state index < -0.39 is 31.3 Å². The van der Waals surface area contributed by atoms with Crippen molar-refractivity contribution < 1.29 is 61.4 Å². The summed E-state index contributed by atoms with van der Waals surface area (Å²) in [6, 6.07) is 7.18. The van der Waals surface area contributed by atoms with E-state index in [1.54, 1.807) is 0 Å². The number of nitrogens with zero attached hydrogens (tertiary/aromatic N) is 3. The zero-order chi connectivity index (χ0) is 37.6. The fourth-order valence-corrected chi connectivity index (χ4v) is 4.80.